The van der Waals surface area contributed by atoms with E-state index in [2.05, 4.69) is 26.2 Å². The van der Waals surface area contributed by atoms with Gasteiger partial charge in [-0.15, -0.1) is 5.10 Å². The van der Waals surface area contributed by atoms with Gasteiger partial charge in [0.05, 0.1) is 20.3 Å². The maximum absolute atomic E-state index is 8.88. The van der Waals surface area contributed by atoms with Crippen molar-refractivity contribution in [2.24, 2.45) is 0 Å². The summed E-state index contributed by atoms with van der Waals surface area (Å²) in [6.07, 6.45) is 0. The van der Waals surface area contributed by atoms with Crippen LogP contribution in [-0.4, -0.2) is 33.8 Å². The summed E-state index contributed by atoms with van der Waals surface area (Å²) in [4.78, 5) is 0. The minimum Gasteiger partial charge on any atom is -0.494 e. The van der Waals surface area contributed by atoms with Gasteiger partial charge in [0.15, 0.2) is 5.52 Å². The number of methoxy groups -OCH3 is 1. The second kappa shape index (κ2) is 4.16. The summed E-state index contributed by atoms with van der Waals surface area (Å²) in [7, 11) is 1.59. The second-order valence-electron chi connectivity index (χ2n) is 2.98. The van der Waals surface area contributed by atoms with E-state index in [1.54, 1.807) is 11.8 Å². The van der Waals surface area contributed by atoms with Gasteiger partial charge in [0.25, 0.3) is 0 Å². The average molecular weight is 272 g/mol. The largest absolute Gasteiger partial charge is 0.494 e. The number of rotatable bonds is 3. The first kappa shape index (κ1) is 10.4. The number of nitrogens with zero attached hydrogens (tertiary/aromatic N) is 3. The number of benzene rings is 1. The number of aromatic nitrogens is 3. The number of fused-ring (bicyclic) bond motifs is 1. The Balaban J connectivity index is 2.67. The van der Waals surface area contributed by atoms with Crippen LogP contribution in [0.25, 0.3) is 11.0 Å². The van der Waals surface area contributed by atoms with Gasteiger partial charge in [-0.2, -0.15) is 0 Å². The highest BCUT2D eigenvalue weighted by Crippen LogP contribution is 2.29. The summed E-state index contributed by atoms with van der Waals surface area (Å²) < 4.78 is 7.70. The molecule has 0 spiro atoms. The lowest BCUT2D eigenvalue weighted by Crippen LogP contribution is -2.04. The van der Waals surface area contributed by atoms with Crippen molar-refractivity contribution in [3.8, 4) is 5.75 Å². The van der Waals surface area contributed by atoms with Crippen LogP contribution in [0.2, 0.25) is 0 Å². The normalized spacial score (nSPS) is 10.9. The molecule has 1 N–H and O–H groups in total. The fourth-order valence-corrected chi connectivity index (χ4v) is 1.96. The minimum atomic E-state index is 0.0299. The first-order valence-electron chi connectivity index (χ1n) is 4.44. The molecule has 5 nitrogen and oxygen atoms in total. The van der Waals surface area contributed by atoms with E-state index in [1.807, 2.05) is 12.1 Å². The molecule has 0 saturated heterocycles. The summed E-state index contributed by atoms with van der Waals surface area (Å²) in [6.45, 7) is 0.449. The highest BCUT2D eigenvalue weighted by molar-refractivity contribution is 9.10. The zero-order valence-electron chi connectivity index (χ0n) is 8.14. The van der Waals surface area contributed by atoms with Crippen molar-refractivity contribution < 1.29 is 9.84 Å². The molecule has 0 bridgehead atoms. The molecular weight excluding hydrogens is 262 g/mol. The molecule has 0 saturated carbocycles. The third kappa shape index (κ3) is 1.70. The number of halogens is 1. The zero-order valence-corrected chi connectivity index (χ0v) is 9.73. The van der Waals surface area contributed by atoms with Crippen molar-refractivity contribution in [3.05, 3.63) is 16.6 Å². The summed E-state index contributed by atoms with van der Waals surface area (Å²) >= 11 is 3.42. The maximum atomic E-state index is 8.88. The Labute approximate surface area is 94.8 Å². The van der Waals surface area contributed by atoms with Crippen LogP contribution in [0, 0.1) is 0 Å². The predicted octanol–water partition coefficient (Wildman–Crippen LogP) is 1.19. The first-order valence-corrected chi connectivity index (χ1v) is 5.23. The van der Waals surface area contributed by atoms with Crippen molar-refractivity contribution in [1.29, 1.82) is 0 Å². The van der Waals surface area contributed by atoms with Crippen LogP contribution < -0.4 is 4.74 Å². The lowest BCUT2D eigenvalue weighted by Gasteiger charge is -2.03. The van der Waals surface area contributed by atoms with Crippen LogP contribution in [0.15, 0.2) is 16.6 Å². The van der Waals surface area contributed by atoms with E-state index in [9.17, 15) is 0 Å². The Bertz CT molecular complexity index is 483. The molecule has 0 atom stereocenters. The molecule has 6 heteroatoms. The Morgan fingerprint density at radius 1 is 1.53 bits per heavy atom. The average Bonchev–Trinajstić information content (AvgIpc) is 2.64. The van der Waals surface area contributed by atoms with Gasteiger partial charge in [-0.3, -0.25) is 0 Å². The molecule has 15 heavy (non-hydrogen) atoms. The Kier molecular flexibility index (Phi) is 2.88. The summed E-state index contributed by atoms with van der Waals surface area (Å²) in [5.41, 5.74) is 1.53. The minimum absolute atomic E-state index is 0.0299. The smallest absolute Gasteiger partial charge is 0.156 e. The van der Waals surface area contributed by atoms with Gasteiger partial charge in [0.2, 0.25) is 0 Å². The molecule has 0 fully saturated rings. The Hall–Kier alpha value is -1.14. The summed E-state index contributed by atoms with van der Waals surface area (Å²) in [5.74, 6) is 0.678. The Morgan fingerprint density at radius 3 is 3.00 bits per heavy atom. The Morgan fingerprint density at radius 2 is 2.33 bits per heavy atom. The van der Waals surface area contributed by atoms with Crippen LogP contribution in [0.4, 0.5) is 0 Å². The van der Waals surface area contributed by atoms with Gasteiger partial charge < -0.3 is 9.84 Å². The molecule has 0 unspecified atom stereocenters. The fourth-order valence-electron chi connectivity index (χ4n) is 1.44. The van der Waals surface area contributed by atoms with Crippen molar-refractivity contribution in [1.82, 2.24) is 15.0 Å². The van der Waals surface area contributed by atoms with E-state index < -0.39 is 0 Å². The van der Waals surface area contributed by atoms with Crippen LogP contribution in [0.3, 0.4) is 0 Å². The fraction of sp³-hybridized carbons (Fsp3) is 0.333. The van der Waals surface area contributed by atoms with Crippen LogP contribution in [0.1, 0.15) is 0 Å². The summed E-state index contributed by atoms with van der Waals surface area (Å²) in [6, 6.07) is 3.70. The number of aliphatic hydroxyl groups excluding tert-OH is 1. The first-order chi connectivity index (χ1) is 7.27. The van der Waals surface area contributed by atoms with Gasteiger partial charge in [-0.25, -0.2) is 4.68 Å². The maximum Gasteiger partial charge on any atom is 0.156 e. The topological polar surface area (TPSA) is 60.2 Å². The van der Waals surface area contributed by atoms with Gasteiger partial charge >= 0.3 is 0 Å². The van der Waals surface area contributed by atoms with E-state index in [0.29, 0.717) is 17.8 Å². The highest BCUT2D eigenvalue weighted by atomic mass is 79.9. The van der Waals surface area contributed by atoms with E-state index in [1.165, 1.54) is 0 Å². The van der Waals surface area contributed by atoms with Crippen molar-refractivity contribution >= 4 is 27.0 Å². The predicted molar refractivity (Wildman–Crippen MR) is 58.9 cm³/mol. The van der Waals surface area contributed by atoms with E-state index in [0.717, 1.165) is 9.99 Å². The second-order valence-corrected chi connectivity index (χ2v) is 3.84. The molecule has 1 aromatic heterocycles. The molecule has 1 aromatic carbocycles. The molecule has 0 amide bonds. The van der Waals surface area contributed by atoms with Crippen LogP contribution in [0.5, 0.6) is 5.75 Å². The number of aliphatic hydroxyl groups is 1. The van der Waals surface area contributed by atoms with Gasteiger partial charge in [-0.1, -0.05) is 5.21 Å². The third-order valence-electron chi connectivity index (χ3n) is 2.11. The molecule has 0 aliphatic carbocycles. The number of hydrogen-bond acceptors (Lipinski definition) is 4. The zero-order chi connectivity index (χ0) is 10.8. The van der Waals surface area contributed by atoms with Crippen molar-refractivity contribution in [2.45, 2.75) is 6.54 Å². The van der Waals surface area contributed by atoms with Crippen molar-refractivity contribution in [2.75, 3.05) is 13.7 Å². The molecule has 80 valence electrons. The van der Waals surface area contributed by atoms with Crippen molar-refractivity contribution in [3.63, 3.8) is 0 Å². The van der Waals surface area contributed by atoms with Gasteiger partial charge in [0.1, 0.15) is 11.3 Å². The number of hydrogen-bond donors (Lipinski definition) is 1. The van der Waals surface area contributed by atoms with Gasteiger partial charge in [0, 0.05) is 4.47 Å². The van der Waals surface area contributed by atoms with E-state index >= 15 is 0 Å². The molecule has 2 rings (SSSR count). The number of ether oxygens (including phenoxy) is 1. The van der Waals surface area contributed by atoms with Crippen LogP contribution >= 0.6 is 15.9 Å². The van der Waals surface area contributed by atoms with E-state index in [4.69, 9.17) is 9.84 Å². The molecule has 1 heterocycles. The lowest BCUT2D eigenvalue weighted by atomic mass is 10.3. The highest BCUT2D eigenvalue weighted by Gasteiger charge is 2.12. The molecular formula is C9H10BrN3O2. The van der Waals surface area contributed by atoms with E-state index in [-0.39, 0.29) is 6.61 Å². The summed E-state index contributed by atoms with van der Waals surface area (Å²) in [5, 5.41) is 16.8. The lowest BCUT2D eigenvalue weighted by molar-refractivity contribution is 0.270. The monoisotopic (exact) mass is 271 g/mol. The van der Waals surface area contributed by atoms with Crippen LogP contribution in [-0.2, 0) is 6.54 Å². The molecule has 0 aliphatic rings. The molecule has 0 aliphatic heterocycles. The molecule has 2 aromatic rings. The van der Waals surface area contributed by atoms with Gasteiger partial charge in [-0.05, 0) is 28.1 Å². The standard InChI is InChI=1S/C9H10BrN3O2/c1-15-7-3-2-6(10)9-8(7)11-12-13(9)4-5-14/h2-3,14H,4-5H2,1H3. The third-order valence-corrected chi connectivity index (χ3v) is 2.75. The molecule has 0 radical (unpaired) electrons. The SMILES string of the molecule is COc1ccc(Br)c2c1nnn2CCO. The quantitative estimate of drug-likeness (QED) is 0.911.